The summed E-state index contributed by atoms with van der Waals surface area (Å²) >= 11 is 0. The highest BCUT2D eigenvalue weighted by Gasteiger charge is 2.05. The van der Waals surface area contributed by atoms with Crippen LogP contribution in [-0.2, 0) is 11.4 Å². The van der Waals surface area contributed by atoms with E-state index < -0.39 is 5.97 Å². The van der Waals surface area contributed by atoms with Gasteiger partial charge in [-0.3, -0.25) is 0 Å². The van der Waals surface area contributed by atoms with Crippen LogP contribution in [0.25, 0.3) is 6.08 Å². The molecular weight excluding hydrogens is 264 g/mol. The zero-order chi connectivity index (χ0) is 15.2. The number of carboxylic acid groups (broad SMARTS) is 1. The van der Waals surface area contributed by atoms with Crippen molar-refractivity contribution < 1.29 is 14.6 Å². The lowest BCUT2D eigenvalue weighted by molar-refractivity contribution is -0.131. The zero-order valence-electron chi connectivity index (χ0n) is 12.2. The van der Waals surface area contributed by atoms with Crippen LogP contribution in [0.5, 0.6) is 5.75 Å². The number of benzene rings is 2. The number of rotatable bonds is 5. The SMILES string of the molecule is Cc1cccc(C)c1OCc1ccccc1C=CC(=O)O. The van der Waals surface area contributed by atoms with Crippen molar-refractivity contribution in [3.8, 4) is 5.75 Å². The molecule has 21 heavy (non-hydrogen) atoms. The monoisotopic (exact) mass is 282 g/mol. The van der Waals surface area contributed by atoms with E-state index in [1.165, 1.54) is 0 Å². The van der Waals surface area contributed by atoms with Crippen molar-refractivity contribution in [3.05, 3.63) is 70.8 Å². The molecule has 0 aliphatic carbocycles. The summed E-state index contributed by atoms with van der Waals surface area (Å²) in [4.78, 5) is 10.6. The first-order valence-electron chi connectivity index (χ1n) is 6.76. The van der Waals surface area contributed by atoms with Crippen molar-refractivity contribution in [1.82, 2.24) is 0 Å². The highest BCUT2D eigenvalue weighted by atomic mass is 16.5. The molecule has 0 bridgehead atoms. The van der Waals surface area contributed by atoms with Crippen molar-refractivity contribution in [2.45, 2.75) is 20.5 Å². The number of para-hydroxylation sites is 1. The van der Waals surface area contributed by atoms with Gasteiger partial charge in [-0.25, -0.2) is 4.79 Å². The first kappa shape index (κ1) is 14.9. The van der Waals surface area contributed by atoms with Crippen LogP contribution in [0.3, 0.4) is 0 Å². The number of hydrogen-bond donors (Lipinski definition) is 1. The molecule has 0 unspecified atom stereocenters. The van der Waals surface area contributed by atoms with E-state index >= 15 is 0 Å². The van der Waals surface area contributed by atoms with Gasteiger partial charge in [-0.1, -0.05) is 42.5 Å². The molecule has 2 aromatic carbocycles. The Hall–Kier alpha value is -2.55. The molecule has 2 rings (SSSR count). The standard InChI is InChI=1S/C18H18O3/c1-13-6-5-7-14(2)18(13)21-12-16-9-4-3-8-15(16)10-11-17(19)20/h3-11H,12H2,1-2H3,(H,19,20). The van der Waals surface area contributed by atoms with Crippen molar-refractivity contribution in [3.63, 3.8) is 0 Å². The van der Waals surface area contributed by atoms with Gasteiger partial charge in [-0.2, -0.15) is 0 Å². The quantitative estimate of drug-likeness (QED) is 0.844. The molecule has 108 valence electrons. The van der Waals surface area contributed by atoms with E-state index in [1.807, 2.05) is 56.3 Å². The third-order valence-electron chi connectivity index (χ3n) is 3.24. The molecular formula is C18H18O3. The van der Waals surface area contributed by atoms with E-state index in [0.717, 1.165) is 34.1 Å². The molecule has 0 atom stereocenters. The summed E-state index contributed by atoms with van der Waals surface area (Å²) in [6.07, 6.45) is 2.73. The molecule has 2 aromatic rings. The van der Waals surface area contributed by atoms with Crippen LogP contribution in [0, 0.1) is 13.8 Å². The fourth-order valence-corrected chi connectivity index (χ4v) is 2.17. The summed E-state index contributed by atoms with van der Waals surface area (Å²) in [5.74, 6) is -0.0741. The molecule has 3 heteroatoms. The molecule has 0 saturated heterocycles. The van der Waals surface area contributed by atoms with Crippen molar-refractivity contribution >= 4 is 12.0 Å². The average molecular weight is 282 g/mol. The number of hydrogen-bond acceptors (Lipinski definition) is 2. The first-order valence-corrected chi connectivity index (χ1v) is 6.76. The first-order chi connectivity index (χ1) is 10.1. The molecule has 0 amide bonds. The lowest BCUT2D eigenvalue weighted by Crippen LogP contribution is -2.00. The second-order valence-electron chi connectivity index (χ2n) is 4.88. The minimum atomic E-state index is -0.958. The van der Waals surface area contributed by atoms with Gasteiger partial charge >= 0.3 is 5.97 Å². The second-order valence-corrected chi connectivity index (χ2v) is 4.88. The van der Waals surface area contributed by atoms with Gasteiger partial charge in [-0.15, -0.1) is 0 Å². The minimum Gasteiger partial charge on any atom is -0.488 e. The average Bonchev–Trinajstić information content (AvgIpc) is 2.45. The molecule has 0 spiro atoms. The Morgan fingerprint density at radius 2 is 1.76 bits per heavy atom. The Labute approximate surface area is 124 Å². The van der Waals surface area contributed by atoms with Gasteiger partial charge in [0, 0.05) is 6.08 Å². The normalized spacial score (nSPS) is 10.8. The lowest BCUT2D eigenvalue weighted by atomic mass is 10.1. The summed E-state index contributed by atoms with van der Waals surface area (Å²) in [7, 11) is 0. The zero-order valence-corrected chi connectivity index (χ0v) is 12.2. The molecule has 0 heterocycles. The summed E-state index contributed by atoms with van der Waals surface area (Å²) in [5, 5.41) is 8.73. The Morgan fingerprint density at radius 3 is 2.43 bits per heavy atom. The summed E-state index contributed by atoms with van der Waals surface area (Å²) in [6.45, 7) is 4.43. The Bertz CT molecular complexity index is 652. The molecule has 1 N–H and O–H groups in total. The van der Waals surface area contributed by atoms with Gasteiger partial charge in [-0.05, 0) is 42.2 Å². The van der Waals surface area contributed by atoms with Crippen LogP contribution in [-0.4, -0.2) is 11.1 Å². The summed E-state index contributed by atoms with van der Waals surface area (Å²) < 4.78 is 5.92. The van der Waals surface area contributed by atoms with Gasteiger partial charge in [0.15, 0.2) is 0 Å². The number of ether oxygens (including phenoxy) is 1. The third kappa shape index (κ3) is 3.96. The van der Waals surface area contributed by atoms with Gasteiger partial charge in [0.1, 0.15) is 12.4 Å². The van der Waals surface area contributed by atoms with Crippen LogP contribution in [0.1, 0.15) is 22.3 Å². The van der Waals surface area contributed by atoms with Crippen molar-refractivity contribution in [2.24, 2.45) is 0 Å². The van der Waals surface area contributed by atoms with E-state index in [1.54, 1.807) is 6.08 Å². The van der Waals surface area contributed by atoms with E-state index in [2.05, 4.69) is 0 Å². The van der Waals surface area contributed by atoms with Gasteiger partial charge in [0.25, 0.3) is 0 Å². The Kier molecular flexibility index (Phi) is 4.77. The maximum absolute atomic E-state index is 10.6. The number of carboxylic acids is 1. The van der Waals surface area contributed by atoms with E-state index in [9.17, 15) is 4.79 Å². The molecule has 0 radical (unpaired) electrons. The van der Waals surface area contributed by atoms with Crippen LogP contribution < -0.4 is 4.74 Å². The Balaban J connectivity index is 2.19. The van der Waals surface area contributed by atoms with Gasteiger partial charge < -0.3 is 9.84 Å². The Morgan fingerprint density at radius 1 is 1.10 bits per heavy atom. The van der Waals surface area contributed by atoms with Gasteiger partial charge in [0.2, 0.25) is 0 Å². The largest absolute Gasteiger partial charge is 0.488 e. The van der Waals surface area contributed by atoms with Crippen molar-refractivity contribution in [2.75, 3.05) is 0 Å². The minimum absolute atomic E-state index is 0.409. The molecule has 0 fully saturated rings. The fourth-order valence-electron chi connectivity index (χ4n) is 2.17. The fraction of sp³-hybridized carbons (Fsp3) is 0.167. The predicted octanol–water partition coefficient (Wildman–Crippen LogP) is 3.98. The number of aryl methyl sites for hydroxylation is 2. The molecule has 3 nitrogen and oxygen atoms in total. The lowest BCUT2D eigenvalue weighted by Gasteiger charge is -2.13. The third-order valence-corrected chi connectivity index (χ3v) is 3.24. The highest BCUT2D eigenvalue weighted by molar-refractivity contribution is 5.85. The molecule has 0 saturated carbocycles. The van der Waals surface area contributed by atoms with Crippen LogP contribution in [0.2, 0.25) is 0 Å². The summed E-state index contributed by atoms with van der Waals surface area (Å²) in [6, 6.07) is 13.6. The van der Waals surface area contributed by atoms with Crippen LogP contribution in [0.15, 0.2) is 48.5 Å². The van der Waals surface area contributed by atoms with E-state index in [4.69, 9.17) is 9.84 Å². The van der Waals surface area contributed by atoms with Gasteiger partial charge in [0.05, 0.1) is 0 Å². The highest BCUT2D eigenvalue weighted by Crippen LogP contribution is 2.24. The van der Waals surface area contributed by atoms with Crippen molar-refractivity contribution in [1.29, 1.82) is 0 Å². The second kappa shape index (κ2) is 6.75. The van der Waals surface area contributed by atoms with Crippen LogP contribution in [0.4, 0.5) is 0 Å². The maximum atomic E-state index is 10.6. The predicted molar refractivity (Wildman–Crippen MR) is 83.4 cm³/mol. The molecule has 0 aliphatic heterocycles. The molecule has 0 aliphatic rings. The van der Waals surface area contributed by atoms with E-state index in [-0.39, 0.29) is 0 Å². The maximum Gasteiger partial charge on any atom is 0.328 e. The van der Waals surface area contributed by atoms with E-state index in [0.29, 0.717) is 6.61 Å². The smallest absolute Gasteiger partial charge is 0.328 e. The number of aliphatic carboxylic acids is 1. The topological polar surface area (TPSA) is 46.5 Å². The number of carbonyl (C=O) groups is 1. The summed E-state index contributed by atoms with van der Waals surface area (Å²) in [5.41, 5.74) is 3.99. The van der Waals surface area contributed by atoms with Crippen LogP contribution >= 0.6 is 0 Å². The molecule has 0 aromatic heterocycles.